The molecule has 8 heteroatoms. The molecule has 0 aromatic heterocycles. The van der Waals surface area contributed by atoms with E-state index in [4.69, 9.17) is 0 Å². The van der Waals surface area contributed by atoms with Crippen LogP contribution in [0.5, 0.6) is 0 Å². The van der Waals surface area contributed by atoms with Crippen LogP contribution in [0.25, 0.3) is 0 Å². The van der Waals surface area contributed by atoms with E-state index in [9.17, 15) is 26.3 Å². The Bertz CT molecular complexity index is 212. The van der Waals surface area contributed by atoms with Gasteiger partial charge in [-0.05, 0) is 12.5 Å². The maximum absolute atomic E-state index is 12.5. The SMILES string of the molecule is CSC(F)(F)C(F)=C(F)C(F)(F)SC. The molecule has 0 aliphatic carbocycles. The molecule has 0 N–H and O–H groups in total. The van der Waals surface area contributed by atoms with Crippen LogP contribution in [0.4, 0.5) is 26.3 Å². The van der Waals surface area contributed by atoms with Crippen molar-refractivity contribution in [3.8, 4) is 0 Å². The molecule has 0 saturated carbocycles. The minimum absolute atomic E-state index is 0.359. The highest BCUT2D eigenvalue weighted by molar-refractivity contribution is 8.00. The molecule has 0 fully saturated rings. The first-order valence-corrected chi connectivity index (χ1v) is 5.56. The third-order valence-corrected chi connectivity index (χ3v) is 2.60. The van der Waals surface area contributed by atoms with Gasteiger partial charge in [-0.15, -0.1) is 0 Å². The normalized spacial score (nSPS) is 15.4. The van der Waals surface area contributed by atoms with E-state index >= 15 is 0 Å². The van der Waals surface area contributed by atoms with Gasteiger partial charge in [-0.1, -0.05) is 23.5 Å². The second kappa shape index (κ2) is 4.69. The first-order valence-electron chi connectivity index (χ1n) is 3.11. The fraction of sp³-hybridized carbons (Fsp3) is 0.667. The molecule has 0 nitrogen and oxygen atoms in total. The summed E-state index contributed by atoms with van der Waals surface area (Å²) in [6, 6.07) is 0. The van der Waals surface area contributed by atoms with Crippen LogP contribution < -0.4 is 0 Å². The average Bonchev–Trinajstić information content (AvgIpc) is 2.15. The van der Waals surface area contributed by atoms with E-state index in [0.29, 0.717) is 0 Å². The van der Waals surface area contributed by atoms with Gasteiger partial charge in [0.25, 0.3) is 0 Å². The summed E-state index contributed by atoms with van der Waals surface area (Å²) >= 11 is -0.717. The van der Waals surface area contributed by atoms with Gasteiger partial charge in [0.2, 0.25) is 11.7 Å². The van der Waals surface area contributed by atoms with Crippen molar-refractivity contribution in [2.45, 2.75) is 10.5 Å². The Balaban J connectivity index is 5.12. The minimum atomic E-state index is -4.26. The second-order valence-corrected chi connectivity index (χ2v) is 3.91. The Hall–Kier alpha value is 0.0200. The molecule has 14 heavy (non-hydrogen) atoms. The largest absolute Gasteiger partial charge is 0.347 e. The number of hydrogen-bond acceptors (Lipinski definition) is 2. The van der Waals surface area contributed by atoms with Crippen LogP contribution in [-0.2, 0) is 0 Å². The van der Waals surface area contributed by atoms with Gasteiger partial charge in [-0.3, -0.25) is 0 Å². The Morgan fingerprint density at radius 3 is 1.14 bits per heavy atom. The molecule has 0 heterocycles. The van der Waals surface area contributed by atoms with Crippen LogP contribution in [0.1, 0.15) is 0 Å². The van der Waals surface area contributed by atoms with Gasteiger partial charge in [0.1, 0.15) is 0 Å². The highest BCUT2D eigenvalue weighted by Crippen LogP contribution is 2.44. The van der Waals surface area contributed by atoms with E-state index in [1.165, 1.54) is 0 Å². The van der Waals surface area contributed by atoms with Crippen molar-refractivity contribution in [1.29, 1.82) is 0 Å². The van der Waals surface area contributed by atoms with E-state index in [1.807, 2.05) is 0 Å². The molecule has 0 aliphatic heterocycles. The third kappa shape index (κ3) is 3.01. The van der Waals surface area contributed by atoms with Crippen molar-refractivity contribution in [1.82, 2.24) is 0 Å². The molecule has 0 radical (unpaired) electrons. The van der Waals surface area contributed by atoms with E-state index in [0.717, 1.165) is 12.5 Å². The molecule has 0 aliphatic rings. The van der Waals surface area contributed by atoms with Crippen molar-refractivity contribution in [3.63, 3.8) is 0 Å². The second-order valence-electron chi connectivity index (χ2n) is 2.07. The van der Waals surface area contributed by atoms with E-state index in [1.54, 1.807) is 0 Å². The van der Waals surface area contributed by atoms with Crippen LogP contribution >= 0.6 is 23.5 Å². The maximum Gasteiger partial charge on any atom is 0.347 e. The molecular weight excluding hydrogens is 250 g/mol. The minimum Gasteiger partial charge on any atom is -0.201 e. The van der Waals surface area contributed by atoms with Crippen LogP contribution in [0.3, 0.4) is 0 Å². The molecule has 0 spiro atoms. The summed E-state index contributed by atoms with van der Waals surface area (Å²) in [6.45, 7) is 0. The first-order chi connectivity index (χ1) is 6.19. The molecule has 84 valence electrons. The van der Waals surface area contributed by atoms with Crippen molar-refractivity contribution in [3.05, 3.63) is 11.7 Å². The third-order valence-electron chi connectivity index (χ3n) is 1.22. The summed E-state index contributed by atoms with van der Waals surface area (Å²) in [5.74, 6) is -5.46. The monoisotopic (exact) mass is 256 g/mol. The summed E-state index contributed by atoms with van der Waals surface area (Å²) in [7, 11) is 0. The lowest BCUT2D eigenvalue weighted by molar-refractivity contribution is 0.0793. The Kier molecular flexibility index (Phi) is 4.70. The zero-order valence-electron chi connectivity index (χ0n) is 7.08. The number of rotatable bonds is 4. The number of halogens is 6. The number of thioether (sulfide) groups is 2. The molecule has 0 rings (SSSR count). The van der Waals surface area contributed by atoms with Gasteiger partial charge in [0.15, 0.2) is 0 Å². The predicted octanol–water partition coefficient (Wildman–Crippen LogP) is 4.05. The summed E-state index contributed by atoms with van der Waals surface area (Å²) in [6.07, 6.45) is 1.56. The van der Waals surface area contributed by atoms with Crippen LogP contribution in [0, 0.1) is 0 Å². The van der Waals surface area contributed by atoms with Gasteiger partial charge in [-0.2, -0.15) is 17.6 Å². The molecule has 0 atom stereocenters. The fourth-order valence-corrected chi connectivity index (χ4v) is 0.972. The lowest BCUT2D eigenvalue weighted by Crippen LogP contribution is -2.19. The van der Waals surface area contributed by atoms with Gasteiger partial charge >= 0.3 is 10.5 Å². The zero-order chi connectivity index (χ0) is 11.6. The smallest absolute Gasteiger partial charge is 0.201 e. The average molecular weight is 256 g/mol. The van der Waals surface area contributed by atoms with Crippen molar-refractivity contribution in [2.75, 3.05) is 12.5 Å². The zero-order valence-corrected chi connectivity index (χ0v) is 8.72. The molecular formula is C6H6F6S2. The molecule has 0 bridgehead atoms. The topological polar surface area (TPSA) is 0 Å². The van der Waals surface area contributed by atoms with Gasteiger partial charge in [0, 0.05) is 0 Å². The molecule has 0 amide bonds. The number of alkyl halides is 4. The Morgan fingerprint density at radius 2 is 1.00 bits per heavy atom. The highest BCUT2D eigenvalue weighted by Gasteiger charge is 2.46. The lowest BCUT2D eigenvalue weighted by atomic mass is 10.4. The highest BCUT2D eigenvalue weighted by atomic mass is 32.2. The van der Waals surface area contributed by atoms with E-state index in [2.05, 4.69) is 0 Å². The summed E-state index contributed by atoms with van der Waals surface area (Å²) < 4.78 is 74.6. The molecule has 0 aromatic carbocycles. The quantitative estimate of drug-likeness (QED) is 0.696. The van der Waals surface area contributed by atoms with Crippen LogP contribution in [0.2, 0.25) is 0 Å². The number of hydrogen-bond donors (Lipinski definition) is 0. The van der Waals surface area contributed by atoms with E-state index < -0.39 is 22.2 Å². The van der Waals surface area contributed by atoms with Crippen molar-refractivity contribution < 1.29 is 26.3 Å². The standard InChI is InChI=1S/C6H6F6S2/c1-13-5(9,10)3(7)4(8)6(11,12)14-2/h1-2H3. The lowest BCUT2D eigenvalue weighted by Gasteiger charge is -2.15. The first kappa shape index (κ1) is 14.0. The van der Waals surface area contributed by atoms with Gasteiger partial charge in [-0.25, -0.2) is 8.78 Å². The van der Waals surface area contributed by atoms with Gasteiger partial charge in [0.05, 0.1) is 0 Å². The molecule has 0 saturated heterocycles. The fourth-order valence-electron chi connectivity index (χ4n) is 0.435. The van der Waals surface area contributed by atoms with Gasteiger partial charge < -0.3 is 0 Å². The Labute approximate surface area is 85.1 Å². The summed E-state index contributed by atoms with van der Waals surface area (Å²) in [5.41, 5.74) is 0. The van der Waals surface area contributed by atoms with E-state index in [-0.39, 0.29) is 23.5 Å². The maximum atomic E-state index is 12.5. The van der Waals surface area contributed by atoms with Crippen LogP contribution in [0.15, 0.2) is 11.7 Å². The van der Waals surface area contributed by atoms with Crippen molar-refractivity contribution in [2.24, 2.45) is 0 Å². The summed E-state index contributed by atoms with van der Waals surface area (Å²) in [4.78, 5) is 0. The Morgan fingerprint density at radius 1 is 0.786 bits per heavy atom. The van der Waals surface area contributed by atoms with Crippen molar-refractivity contribution >= 4 is 23.5 Å². The summed E-state index contributed by atoms with van der Waals surface area (Å²) in [5, 5.41) is -8.52. The predicted molar refractivity (Wildman–Crippen MR) is 46.2 cm³/mol. The molecule has 0 aromatic rings. The van der Waals surface area contributed by atoms with Crippen LogP contribution in [-0.4, -0.2) is 23.0 Å². The molecule has 0 unspecified atom stereocenters.